The fraction of sp³-hybridized carbons (Fsp3) is 0.355. The summed E-state index contributed by atoms with van der Waals surface area (Å²) in [5.41, 5.74) is 2.30. The lowest BCUT2D eigenvalue weighted by Crippen LogP contribution is -2.53. The average molecular weight is 584 g/mol. The molecule has 0 bridgehead atoms. The molecule has 7 heteroatoms. The van der Waals surface area contributed by atoms with Crippen LogP contribution in [0.3, 0.4) is 0 Å². The molecule has 3 aromatic carbocycles. The Bertz CT molecular complexity index is 1240. The Kier molecular flexibility index (Phi) is 10.1. The zero-order valence-corrected chi connectivity index (χ0v) is 24.2. The molecule has 0 fully saturated rings. The Morgan fingerprint density at radius 2 is 1.66 bits per heavy atom. The number of hydrogen-bond donors (Lipinski definition) is 1. The van der Waals surface area contributed by atoms with Gasteiger partial charge >= 0.3 is 0 Å². The van der Waals surface area contributed by atoms with Crippen LogP contribution < -0.4 is 10.1 Å². The second-order valence-electron chi connectivity index (χ2n) is 10.7. The van der Waals surface area contributed by atoms with Gasteiger partial charge in [0.1, 0.15) is 17.6 Å². The van der Waals surface area contributed by atoms with Gasteiger partial charge in [-0.15, -0.1) is 0 Å². The number of ether oxygens (including phenoxy) is 1. The topological polar surface area (TPSA) is 58.6 Å². The maximum atomic E-state index is 14.7. The SMILES string of the molecule is CC(C)NC(=O)C(Cc1ccccc1)N(Cc1ccccc1F)C(=O)COc1ccc(C(C)(C)C)cc1Br. The molecule has 0 heterocycles. The Morgan fingerprint density at radius 3 is 2.26 bits per heavy atom. The summed E-state index contributed by atoms with van der Waals surface area (Å²) in [6.07, 6.45) is 0.281. The van der Waals surface area contributed by atoms with E-state index in [0.717, 1.165) is 15.6 Å². The van der Waals surface area contributed by atoms with Crippen LogP contribution in [0.1, 0.15) is 51.3 Å². The maximum absolute atomic E-state index is 14.7. The van der Waals surface area contributed by atoms with E-state index in [1.807, 2.05) is 62.4 Å². The Hall–Kier alpha value is -3.19. The highest BCUT2D eigenvalue weighted by molar-refractivity contribution is 9.10. The molecule has 0 aromatic heterocycles. The van der Waals surface area contributed by atoms with Crippen molar-refractivity contribution in [1.29, 1.82) is 0 Å². The van der Waals surface area contributed by atoms with Crippen molar-refractivity contribution in [3.05, 3.63) is 99.8 Å². The van der Waals surface area contributed by atoms with Crippen molar-refractivity contribution in [2.24, 2.45) is 0 Å². The van der Waals surface area contributed by atoms with Crippen molar-refractivity contribution in [1.82, 2.24) is 10.2 Å². The molecular formula is C31H36BrFN2O3. The molecule has 1 unspecified atom stereocenters. The van der Waals surface area contributed by atoms with Gasteiger partial charge in [0.2, 0.25) is 5.91 Å². The summed E-state index contributed by atoms with van der Waals surface area (Å²) in [6.45, 7) is 9.71. The van der Waals surface area contributed by atoms with Crippen molar-refractivity contribution in [3.8, 4) is 5.75 Å². The summed E-state index contributed by atoms with van der Waals surface area (Å²) < 4.78 is 21.3. The van der Waals surface area contributed by atoms with E-state index >= 15 is 0 Å². The van der Waals surface area contributed by atoms with Gasteiger partial charge in [-0.25, -0.2) is 4.39 Å². The first-order chi connectivity index (χ1) is 18.0. The zero-order valence-electron chi connectivity index (χ0n) is 22.6. The third kappa shape index (κ3) is 8.15. The molecule has 0 saturated carbocycles. The summed E-state index contributed by atoms with van der Waals surface area (Å²) in [4.78, 5) is 28.5. The van der Waals surface area contributed by atoms with E-state index in [1.165, 1.54) is 11.0 Å². The van der Waals surface area contributed by atoms with Crippen LogP contribution in [0.5, 0.6) is 5.75 Å². The van der Waals surface area contributed by atoms with Gasteiger partial charge < -0.3 is 15.0 Å². The highest BCUT2D eigenvalue weighted by Gasteiger charge is 2.31. The largest absolute Gasteiger partial charge is 0.483 e. The minimum absolute atomic E-state index is 0.0398. The standard InChI is InChI=1S/C31H36BrFN2O3/c1-21(2)34-30(37)27(17-22-11-7-6-8-12-22)35(19-23-13-9-10-14-26(23)33)29(36)20-38-28-16-15-24(18-25(28)32)31(3,4)5/h6-16,18,21,27H,17,19-20H2,1-5H3,(H,34,37). The summed E-state index contributed by atoms with van der Waals surface area (Å²) in [5, 5.41) is 2.93. The van der Waals surface area contributed by atoms with E-state index in [9.17, 15) is 14.0 Å². The van der Waals surface area contributed by atoms with Crippen LogP contribution in [0, 0.1) is 5.82 Å². The van der Waals surface area contributed by atoms with Crippen LogP contribution in [0.2, 0.25) is 0 Å². The maximum Gasteiger partial charge on any atom is 0.261 e. The molecule has 5 nitrogen and oxygen atoms in total. The first-order valence-electron chi connectivity index (χ1n) is 12.8. The summed E-state index contributed by atoms with van der Waals surface area (Å²) in [7, 11) is 0. The van der Waals surface area contributed by atoms with Gasteiger partial charge in [0, 0.05) is 24.6 Å². The second kappa shape index (κ2) is 13.1. The van der Waals surface area contributed by atoms with Gasteiger partial charge in [0.15, 0.2) is 6.61 Å². The van der Waals surface area contributed by atoms with Crippen molar-refractivity contribution < 1.29 is 18.7 Å². The number of nitrogens with zero attached hydrogens (tertiary/aromatic N) is 1. The molecule has 0 aliphatic carbocycles. The Balaban J connectivity index is 1.92. The minimum Gasteiger partial charge on any atom is -0.483 e. The van der Waals surface area contributed by atoms with Gasteiger partial charge in [-0.05, 0) is 64.5 Å². The zero-order chi connectivity index (χ0) is 27.9. The molecule has 38 heavy (non-hydrogen) atoms. The van der Waals surface area contributed by atoms with E-state index in [-0.39, 0.29) is 36.9 Å². The molecule has 0 radical (unpaired) electrons. The number of nitrogens with one attached hydrogen (secondary N) is 1. The number of rotatable bonds is 10. The van der Waals surface area contributed by atoms with Gasteiger partial charge in [0.25, 0.3) is 5.91 Å². The van der Waals surface area contributed by atoms with Gasteiger partial charge in [0.05, 0.1) is 4.47 Å². The third-order valence-electron chi connectivity index (χ3n) is 6.15. The molecule has 0 aliphatic rings. The predicted octanol–water partition coefficient (Wildman–Crippen LogP) is 6.43. The number of halogens is 2. The highest BCUT2D eigenvalue weighted by atomic mass is 79.9. The summed E-state index contributed by atoms with van der Waals surface area (Å²) in [6, 6.07) is 20.6. The molecule has 202 valence electrons. The highest BCUT2D eigenvalue weighted by Crippen LogP contribution is 2.31. The smallest absolute Gasteiger partial charge is 0.261 e. The first kappa shape index (κ1) is 29.4. The monoisotopic (exact) mass is 582 g/mol. The fourth-order valence-corrected chi connectivity index (χ4v) is 4.54. The Morgan fingerprint density at radius 1 is 1.00 bits per heavy atom. The molecule has 0 saturated heterocycles. The van der Waals surface area contributed by atoms with Gasteiger partial charge in [-0.1, -0.05) is 75.4 Å². The van der Waals surface area contributed by atoms with Crippen LogP contribution in [0.15, 0.2) is 77.3 Å². The van der Waals surface area contributed by atoms with Crippen molar-refractivity contribution >= 4 is 27.7 Å². The fourth-order valence-electron chi connectivity index (χ4n) is 4.05. The van der Waals surface area contributed by atoms with Gasteiger partial charge in [-0.3, -0.25) is 9.59 Å². The van der Waals surface area contributed by atoms with E-state index in [1.54, 1.807) is 18.2 Å². The lowest BCUT2D eigenvalue weighted by atomic mass is 9.87. The van der Waals surface area contributed by atoms with E-state index < -0.39 is 17.8 Å². The molecule has 0 spiro atoms. The van der Waals surface area contributed by atoms with Crippen LogP contribution >= 0.6 is 15.9 Å². The average Bonchev–Trinajstić information content (AvgIpc) is 2.85. The number of hydrogen-bond acceptors (Lipinski definition) is 3. The summed E-state index contributed by atoms with van der Waals surface area (Å²) in [5.74, 6) is -0.637. The number of carbonyl (C=O) groups is 2. The number of benzene rings is 3. The molecular weight excluding hydrogens is 547 g/mol. The van der Waals surface area contributed by atoms with Crippen molar-refractivity contribution in [2.45, 2.75) is 65.1 Å². The van der Waals surface area contributed by atoms with Crippen LogP contribution in [-0.2, 0) is 28.0 Å². The third-order valence-corrected chi connectivity index (χ3v) is 6.77. The second-order valence-corrected chi connectivity index (χ2v) is 11.5. The molecule has 2 amide bonds. The lowest BCUT2D eigenvalue weighted by Gasteiger charge is -2.32. The van der Waals surface area contributed by atoms with Crippen molar-refractivity contribution in [2.75, 3.05) is 6.61 Å². The van der Waals surface area contributed by atoms with Crippen LogP contribution in [0.25, 0.3) is 0 Å². The normalized spacial score (nSPS) is 12.2. The summed E-state index contributed by atoms with van der Waals surface area (Å²) >= 11 is 3.55. The minimum atomic E-state index is -0.859. The number of carbonyl (C=O) groups excluding carboxylic acids is 2. The van der Waals surface area contributed by atoms with Crippen LogP contribution in [-0.4, -0.2) is 35.4 Å². The van der Waals surface area contributed by atoms with Gasteiger partial charge in [-0.2, -0.15) is 0 Å². The van der Waals surface area contributed by atoms with Crippen molar-refractivity contribution in [3.63, 3.8) is 0 Å². The first-order valence-corrected chi connectivity index (χ1v) is 13.5. The molecule has 1 N–H and O–H groups in total. The predicted molar refractivity (Wildman–Crippen MR) is 152 cm³/mol. The lowest BCUT2D eigenvalue weighted by molar-refractivity contribution is -0.143. The molecule has 1 atom stereocenters. The van der Waals surface area contributed by atoms with E-state index in [0.29, 0.717) is 11.3 Å². The Labute approximate surface area is 233 Å². The molecule has 3 aromatic rings. The van der Waals surface area contributed by atoms with Crippen LogP contribution in [0.4, 0.5) is 4.39 Å². The molecule has 0 aliphatic heterocycles. The molecule has 3 rings (SSSR count). The number of amides is 2. The van der Waals surface area contributed by atoms with E-state index in [4.69, 9.17) is 4.74 Å². The quantitative estimate of drug-likeness (QED) is 0.299. The van der Waals surface area contributed by atoms with E-state index in [2.05, 4.69) is 42.0 Å².